The van der Waals surface area contributed by atoms with Crippen LogP contribution in [0.2, 0.25) is 5.15 Å². The Balaban J connectivity index is 1.43. The second-order valence-corrected chi connectivity index (χ2v) is 8.45. The third-order valence-electron chi connectivity index (χ3n) is 5.98. The highest BCUT2D eigenvalue weighted by molar-refractivity contribution is 6.33. The van der Waals surface area contributed by atoms with Crippen LogP contribution in [0.15, 0.2) is 121 Å². The van der Waals surface area contributed by atoms with Crippen molar-refractivity contribution in [1.29, 1.82) is 0 Å². The lowest BCUT2D eigenvalue weighted by atomic mass is 10.0. The summed E-state index contributed by atoms with van der Waals surface area (Å²) in [5, 5.41) is 2.55. The fourth-order valence-electron chi connectivity index (χ4n) is 4.35. The fraction of sp³-hybridized carbons (Fsp3) is 0. The van der Waals surface area contributed by atoms with E-state index in [0.717, 1.165) is 50.0 Å². The minimum atomic E-state index is 0.473. The number of hydrogen-bond acceptors (Lipinski definition) is 3. The molecule has 0 fully saturated rings. The van der Waals surface area contributed by atoms with Crippen LogP contribution in [0.4, 0.5) is 17.1 Å². The zero-order chi connectivity index (χ0) is 22.9. The SMILES string of the molecule is Clc1nc2c(ccc3cccnc32)cc1-c1ccc(N(c2ccccc2)c2ccccc2)cc1. The van der Waals surface area contributed by atoms with Crippen LogP contribution in [-0.4, -0.2) is 9.97 Å². The van der Waals surface area contributed by atoms with Gasteiger partial charge in [0.2, 0.25) is 0 Å². The Morgan fingerprint density at radius 3 is 1.85 bits per heavy atom. The lowest BCUT2D eigenvalue weighted by molar-refractivity contribution is 1.28. The molecule has 0 bridgehead atoms. The molecule has 0 N–H and O–H groups in total. The van der Waals surface area contributed by atoms with Gasteiger partial charge in [-0.05, 0) is 54.1 Å². The molecular weight excluding hydrogens is 438 g/mol. The summed E-state index contributed by atoms with van der Waals surface area (Å²) in [5.74, 6) is 0. The summed E-state index contributed by atoms with van der Waals surface area (Å²) in [6.07, 6.45) is 1.79. The second kappa shape index (κ2) is 8.62. The van der Waals surface area contributed by atoms with Crippen molar-refractivity contribution in [3.63, 3.8) is 0 Å². The van der Waals surface area contributed by atoms with Crippen LogP contribution in [0.25, 0.3) is 32.9 Å². The first-order chi connectivity index (χ1) is 16.8. The van der Waals surface area contributed by atoms with Crippen molar-refractivity contribution in [2.45, 2.75) is 0 Å². The molecule has 4 aromatic carbocycles. The molecule has 0 radical (unpaired) electrons. The average Bonchev–Trinajstić information content (AvgIpc) is 2.90. The summed E-state index contributed by atoms with van der Waals surface area (Å²) in [7, 11) is 0. The molecule has 0 amide bonds. The lowest BCUT2D eigenvalue weighted by Gasteiger charge is -2.25. The van der Waals surface area contributed by atoms with E-state index < -0.39 is 0 Å². The van der Waals surface area contributed by atoms with Crippen LogP contribution < -0.4 is 4.90 Å². The first kappa shape index (κ1) is 20.4. The normalized spacial score (nSPS) is 11.1. The van der Waals surface area contributed by atoms with Crippen molar-refractivity contribution in [2.75, 3.05) is 4.90 Å². The molecule has 34 heavy (non-hydrogen) atoms. The number of para-hydroxylation sites is 2. The molecular formula is C30H20ClN3. The van der Waals surface area contributed by atoms with Gasteiger partial charge in [-0.2, -0.15) is 0 Å². The molecule has 6 aromatic rings. The maximum atomic E-state index is 6.68. The van der Waals surface area contributed by atoms with E-state index in [1.165, 1.54) is 0 Å². The van der Waals surface area contributed by atoms with Crippen molar-refractivity contribution >= 4 is 50.5 Å². The zero-order valence-electron chi connectivity index (χ0n) is 18.3. The van der Waals surface area contributed by atoms with Gasteiger partial charge in [0.05, 0.1) is 11.0 Å². The highest BCUT2D eigenvalue weighted by Gasteiger charge is 2.14. The lowest BCUT2D eigenvalue weighted by Crippen LogP contribution is -2.09. The minimum absolute atomic E-state index is 0.473. The maximum absolute atomic E-state index is 6.68. The summed E-state index contributed by atoms with van der Waals surface area (Å²) in [6.45, 7) is 0. The number of nitrogens with zero attached hydrogens (tertiary/aromatic N) is 3. The van der Waals surface area contributed by atoms with Crippen molar-refractivity contribution in [2.24, 2.45) is 0 Å². The van der Waals surface area contributed by atoms with Gasteiger partial charge in [0.1, 0.15) is 5.15 Å². The molecule has 2 aromatic heterocycles. The number of halogens is 1. The molecule has 0 aliphatic heterocycles. The predicted octanol–water partition coefficient (Wildman–Crippen LogP) is 8.57. The summed E-state index contributed by atoms with van der Waals surface area (Å²) in [5.41, 5.74) is 6.89. The van der Waals surface area contributed by atoms with E-state index in [0.29, 0.717) is 5.15 Å². The van der Waals surface area contributed by atoms with Crippen LogP contribution in [0, 0.1) is 0 Å². The fourth-order valence-corrected chi connectivity index (χ4v) is 4.59. The predicted molar refractivity (Wildman–Crippen MR) is 142 cm³/mol. The van der Waals surface area contributed by atoms with Crippen LogP contribution in [0.5, 0.6) is 0 Å². The Morgan fingerprint density at radius 2 is 1.18 bits per heavy atom. The average molecular weight is 458 g/mol. The van der Waals surface area contributed by atoms with E-state index in [-0.39, 0.29) is 0 Å². The van der Waals surface area contributed by atoms with Gasteiger partial charge in [0, 0.05) is 39.6 Å². The third-order valence-corrected chi connectivity index (χ3v) is 6.26. The summed E-state index contributed by atoms with van der Waals surface area (Å²) in [4.78, 5) is 11.5. The number of hydrogen-bond donors (Lipinski definition) is 0. The Morgan fingerprint density at radius 1 is 0.559 bits per heavy atom. The number of anilines is 3. The van der Waals surface area contributed by atoms with Crippen LogP contribution in [0.1, 0.15) is 0 Å². The Labute approximate surface area is 202 Å². The molecule has 0 saturated heterocycles. The number of fused-ring (bicyclic) bond motifs is 3. The standard InChI is InChI=1S/C30H20ClN3/c31-30-27(20-23-14-13-22-8-7-19-32-28(22)29(23)33-30)21-15-17-26(18-16-21)34(24-9-3-1-4-10-24)25-11-5-2-6-12-25/h1-20H. The smallest absolute Gasteiger partial charge is 0.137 e. The van der Waals surface area contributed by atoms with E-state index in [9.17, 15) is 0 Å². The first-order valence-corrected chi connectivity index (χ1v) is 11.5. The van der Waals surface area contributed by atoms with Gasteiger partial charge in [-0.3, -0.25) is 4.98 Å². The highest BCUT2D eigenvalue weighted by atomic mass is 35.5. The Kier molecular flexibility index (Phi) is 5.17. The number of benzene rings is 4. The van der Waals surface area contributed by atoms with Gasteiger partial charge in [0.25, 0.3) is 0 Å². The molecule has 0 atom stereocenters. The van der Waals surface area contributed by atoms with Crippen LogP contribution in [-0.2, 0) is 0 Å². The minimum Gasteiger partial charge on any atom is -0.311 e. The molecule has 162 valence electrons. The van der Waals surface area contributed by atoms with Gasteiger partial charge in [-0.15, -0.1) is 0 Å². The van der Waals surface area contributed by atoms with Crippen LogP contribution >= 0.6 is 11.6 Å². The Hall–Kier alpha value is -4.21. The van der Waals surface area contributed by atoms with Gasteiger partial charge in [-0.1, -0.05) is 78.3 Å². The first-order valence-electron chi connectivity index (χ1n) is 11.1. The molecule has 4 heteroatoms. The summed E-state index contributed by atoms with van der Waals surface area (Å²) >= 11 is 6.68. The summed E-state index contributed by atoms with van der Waals surface area (Å²) in [6, 6.07) is 39.4. The number of pyridine rings is 2. The monoisotopic (exact) mass is 457 g/mol. The quantitative estimate of drug-likeness (QED) is 0.196. The van der Waals surface area contributed by atoms with Crippen LogP contribution in [0.3, 0.4) is 0 Å². The van der Waals surface area contributed by atoms with E-state index in [1.807, 2.05) is 24.3 Å². The summed E-state index contributed by atoms with van der Waals surface area (Å²) < 4.78 is 0. The van der Waals surface area contributed by atoms with Gasteiger partial charge in [-0.25, -0.2) is 4.98 Å². The van der Waals surface area contributed by atoms with E-state index in [2.05, 4.69) is 101 Å². The van der Waals surface area contributed by atoms with Gasteiger partial charge >= 0.3 is 0 Å². The zero-order valence-corrected chi connectivity index (χ0v) is 19.0. The van der Waals surface area contributed by atoms with Crippen molar-refractivity contribution in [1.82, 2.24) is 9.97 Å². The second-order valence-electron chi connectivity index (χ2n) is 8.09. The van der Waals surface area contributed by atoms with Gasteiger partial charge < -0.3 is 4.90 Å². The number of aromatic nitrogens is 2. The van der Waals surface area contributed by atoms with Crippen molar-refractivity contribution < 1.29 is 0 Å². The highest BCUT2D eigenvalue weighted by Crippen LogP contribution is 2.37. The van der Waals surface area contributed by atoms with Crippen molar-refractivity contribution in [3.8, 4) is 11.1 Å². The topological polar surface area (TPSA) is 29.0 Å². The Bertz CT molecular complexity index is 1560. The molecule has 6 rings (SSSR count). The molecule has 0 spiro atoms. The maximum Gasteiger partial charge on any atom is 0.137 e. The van der Waals surface area contributed by atoms with Crippen molar-refractivity contribution in [3.05, 3.63) is 127 Å². The third kappa shape index (κ3) is 3.66. The molecule has 0 unspecified atom stereocenters. The largest absolute Gasteiger partial charge is 0.311 e. The van der Waals surface area contributed by atoms with E-state index in [4.69, 9.17) is 16.6 Å². The molecule has 0 aliphatic rings. The molecule has 0 saturated carbocycles. The van der Waals surface area contributed by atoms with Gasteiger partial charge in [0.15, 0.2) is 0 Å². The molecule has 0 aliphatic carbocycles. The molecule has 2 heterocycles. The van der Waals surface area contributed by atoms with E-state index >= 15 is 0 Å². The number of rotatable bonds is 4. The van der Waals surface area contributed by atoms with E-state index in [1.54, 1.807) is 6.20 Å². The molecule has 3 nitrogen and oxygen atoms in total.